The van der Waals surface area contributed by atoms with Gasteiger partial charge in [-0.1, -0.05) is 23.7 Å². The first-order chi connectivity index (χ1) is 17.4. The van der Waals surface area contributed by atoms with E-state index in [0.29, 0.717) is 28.4 Å². The van der Waals surface area contributed by atoms with Gasteiger partial charge in [-0.25, -0.2) is 9.37 Å². The summed E-state index contributed by atoms with van der Waals surface area (Å²) in [4.78, 5) is 7.17. The minimum absolute atomic E-state index is 0.316. The maximum absolute atomic E-state index is 14.7. The molecule has 0 spiro atoms. The number of benzene rings is 2. The fourth-order valence-corrected chi connectivity index (χ4v) is 5.72. The molecule has 0 aliphatic carbocycles. The Morgan fingerprint density at radius 3 is 2.67 bits per heavy atom. The number of aromatic nitrogens is 2. The lowest BCUT2D eigenvalue weighted by Gasteiger charge is -2.33. The Hall–Kier alpha value is -2.61. The van der Waals surface area contributed by atoms with Crippen LogP contribution >= 0.6 is 11.6 Å². The molecule has 8 heteroatoms. The summed E-state index contributed by atoms with van der Waals surface area (Å²) in [6.07, 6.45) is 5.43. The van der Waals surface area contributed by atoms with E-state index in [-0.39, 0.29) is 0 Å². The van der Waals surface area contributed by atoms with Gasteiger partial charge in [0.25, 0.3) is 5.79 Å². The number of likely N-dealkylation sites (tertiary alicyclic amines) is 1. The number of ether oxygens (including phenoxy) is 3. The molecule has 2 saturated heterocycles. The molecule has 0 unspecified atom stereocenters. The summed E-state index contributed by atoms with van der Waals surface area (Å²) < 4.78 is 35.2. The van der Waals surface area contributed by atoms with Gasteiger partial charge in [-0.15, -0.1) is 0 Å². The molecule has 6 rings (SSSR count). The molecular formula is C28H31ClFN3O3. The maximum Gasteiger partial charge on any atom is 0.278 e. The summed E-state index contributed by atoms with van der Waals surface area (Å²) in [5.74, 6) is 1.17. The fourth-order valence-electron chi connectivity index (χ4n) is 5.56. The topological polar surface area (TPSA) is 48.8 Å². The highest BCUT2D eigenvalue weighted by Crippen LogP contribution is 2.49. The zero-order chi connectivity index (χ0) is 24.9. The number of fused-ring (bicyclic) bond motifs is 1. The van der Waals surface area contributed by atoms with E-state index < -0.39 is 11.6 Å². The second kappa shape index (κ2) is 9.36. The molecule has 2 aromatic carbocycles. The van der Waals surface area contributed by atoms with Crippen LogP contribution in [-0.4, -0.2) is 40.3 Å². The van der Waals surface area contributed by atoms with E-state index in [9.17, 15) is 4.39 Å². The van der Waals surface area contributed by atoms with E-state index >= 15 is 0 Å². The van der Waals surface area contributed by atoms with Crippen LogP contribution in [0.1, 0.15) is 54.7 Å². The van der Waals surface area contributed by atoms with Crippen LogP contribution in [0.25, 0.3) is 0 Å². The monoisotopic (exact) mass is 511 g/mol. The van der Waals surface area contributed by atoms with Crippen LogP contribution in [0.4, 0.5) is 4.39 Å². The SMILES string of the molecule is Cc1cnc(CN2CCC(c3cccc4c3O[C@@](C)(c3ccc(Cl)cc3F)O4)CC2)n1C[C@@H]1CCO1. The number of rotatable bonds is 6. The van der Waals surface area contributed by atoms with Crippen molar-refractivity contribution in [3.8, 4) is 11.5 Å². The number of nitrogens with zero attached hydrogens (tertiary/aromatic N) is 3. The number of piperidine rings is 1. The highest BCUT2D eigenvalue weighted by Gasteiger charge is 2.43. The number of halogens is 2. The van der Waals surface area contributed by atoms with Crippen LogP contribution < -0.4 is 9.47 Å². The van der Waals surface area contributed by atoms with Gasteiger partial charge in [0.1, 0.15) is 11.6 Å². The molecule has 3 aliphatic heterocycles. The van der Waals surface area contributed by atoms with Crippen molar-refractivity contribution in [2.24, 2.45) is 0 Å². The molecule has 6 nitrogen and oxygen atoms in total. The minimum Gasteiger partial charge on any atom is -0.444 e. The third-order valence-corrected chi connectivity index (χ3v) is 7.98. The standard InChI is InChI=1S/C28H31ClFN3O3/c1-18-15-31-26(33(18)16-21-10-13-34-21)17-32-11-8-19(9-12-32)22-4-3-5-25-27(22)36-28(2,35-25)23-7-6-20(29)14-24(23)30/h3-7,14-15,19,21H,8-13,16-17H2,1-2H3/t21-,28-/m0/s1. The van der Waals surface area contributed by atoms with E-state index in [1.807, 2.05) is 18.3 Å². The molecule has 2 fully saturated rings. The second-order valence-corrected chi connectivity index (χ2v) is 10.6. The molecule has 190 valence electrons. The highest BCUT2D eigenvalue weighted by atomic mass is 35.5. The van der Waals surface area contributed by atoms with Gasteiger partial charge in [0.2, 0.25) is 0 Å². The number of para-hydroxylation sites is 1. The maximum atomic E-state index is 14.7. The van der Waals surface area contributed by atoms with Gasteiger partial charge in [-0.2, -0.15) is 0 Å². The van der Waals surface area contributed by atoms with Crippen LogP contribution in [0, 0.1) is 12.7 Å². The highest BCUT2D eigenvalue weighted by molar-refractivity contribution is 6.30. The Morgan fingerprint density at radius 1 is 1.14 bits per heavy atom. The van der Waals surface area contributed by atoms with Crippen LogP contribution in [0.5, 0.6) is 11.5 Å². The summed E-state index contributed by atoms with van der Waals surface area (Å²) in [6, 6.07) is 10.6. The lowest BCUT2D eigenvalue weighted by molar-refractivity contribution is -0.0712. The third kappa shape index (κ3) is 4.38. The fraction of sp³-hybridized carbons (Fsp3) is 0.464. The molecular weight excluding hydrogens is 481 g/mol. The smallest absolute Gasteiger partial charge is 0.278 e. The summed E-state index contributed by atoms with van der Waals surface area (Å²) >= 11 is 5.95. The molecule has 3 aliphatic rings. The molecule has 0 amide bonds. The third-order valence-electron chi connectivity index (χ3n) is 7.74. The average Bonchev–Trinajstić information content (AvgIpc) is 3.35. The Balaban J connectivity index is 1.14. The predicted molar refractivity (Wildman–Crippen MR) is 135 cm³/mol. The molecule has 0 bridgehead atoms. The molecule has 3 aromatic rings. The zero-order valence-corrected chi connectivity index (χ0v) is 21.4. The Labute approximate surface area is 215 Å². The average molecular weight is 512 g/mol. The molecule has 0 saturated carbocycles. The Morgan fingerprint density at radius 2 is 1.94 bits per heavy atom. The summed E-state index contributed by atoms with van der Waals surface area (Å²) in [5, 5.41) is 0.344. The first-order valence-electron chi connectivity index (χ1n) is 12.7. The Kier molecular flexibility index (Phi) is 6.18. The Bertz CT molecular complexity index is 1270. The van der Waals surface area contributed by atoms with Crippen molar-refractivity contribution in [1.29, 1.82) is 0 Å². The van der Waals surface area contributed by atoms with Crippen LogP contribution in [0.15, 0.2) is 42.6 Å². The van der Waals surface area contributed by atoms with Gasteiger partial charge in [0.15, 0.2) is 11.5 Å². The van der Waals surface area contributed by atoms with Crippen molar-refractivity contribution in [3.63, 3.8) is 0 Å². The zero-order valence-electron chi connectivity index (χ0n) is 20.7. The number of hydrogen-bond acceptors (Lipinski definition) is 5. The van der Waals surface area contributed by atoms with E-state index in [2.05, 4.69) is 22.5 Å². The predicted octanol–water partition coefficient (Wildman–Crippen LogP) is 5.80. The molecule has 36 heavy (non-hydrogen) atoms. The van der Waals surface area contributed by atoms with Crippen molar-refractivity contribution in [3.05, 3.63) is 76.1 Å². The summed E-state index contributed by atoms with van der Waals surface area (Å²) in [5.41, 5.74) is 2.65. The number of hydrogen-bond donors (Lipinski definition) is 0. The molecule has 2 atom stereocenters. The van der Waals surface area contributed by atoms with Gasteiger partial charge in [-0.05, 0) is 69.5 Å². The second-order valence-electron chi connectivity index (χ2n) is 10.2. The van der Waals surface area contributed by atoms with Crippen molar-refractivity contribution < 1.29 is 18.6 Å². The van der Waals surface area contributed by atoms with Gasteiger partial charge in [-0.3, -0.25) is 4.90 Å². The van der Waals surface area contributed by atoms with Crippen molar-refractivity contribution >= 4 is 11.6 Å². The van der Waals surface area contributed by atoms with E-state index in [4.69, 9.17) is 30.8 Å². The summed E-state index contributed by atoms with van der Waals surface area (Å²) in [7, 11) is 0. The van der Waals surface area contributed by atoms with Gasteiger partial charge < -0.3 is 18.8 Å². The van der Waals surface area contributed by atoms with Crippen LogP contribution in [-0.2, 0) is 23.6 Å². The molecule has 4 heterocycles. The van der Waals surface area contributed by atoms with E-state index in [1.165, 1.54) is 11.8 Å². The molecule has 1 aromatic heterocycles. The quantitative estimate of drug-likeness (QED) is 0.419. The lowest BCUT2D eigenvalue weighted by atomic mass is 9.88. The van der Waals surface area contributed by atoms with Crippen LogP contribution in [0.3, 0.4) is 0 Å². The van der Waals surface area contributed by atoms with Crippen molar-refractivity contribution in [1.82, 2.24) is 14.5 Å². The minimum atomic E-state index is -1.23. The molecule has 0 N–H and O–H groups in total. The lowest BCUT2D eigenvalue weighted by Crippen LogP contribution is -2.35. The number of aryl methyl sites for hydroxylation is 1. The van der Waals surface area contributed by atoms with Gasteiger partial charge >= 0.3 is 0 Å². The largest absolute Gasteiger partial charge is 0.444 e. The van der Waals surface area contributed by atoms with Gasteiger partial charge in [0, 0.05) is 36.0 Å². The summed E-state index contributed by atoms with van der Waals surface area (Å²) in [6.45, 7) is 8.42. The first-order valence-corrected chi connectivity index (χ1v) is 13.1. The van der Waals surface area contributed by atoms with Crippen molar-refractivity contribution in [2.75, 3.05) is 19.7 Å². The normalized spacial score (nSPS) is 24.2. The van der Waals surface area contributed by atoms with E-state index in [1.54, 1.807) is 19.1 Å². The number of imidazole rings is 1. The van der Waals surface area contributed by atoms with Crippen molar-refractivity contribution in [2.45, 2.75) is 64.0 Å². The van der Waals surface area contributed by atoms with Crippen LogP contribution in [0.2, 0.25) is 5.02 Å². The first kappa shape index (κ1) is 23.8. The van der Waals surface area contributed by atoms with Gasteiger partial charge in [0.05, 0.1) is 24.8 Å². The van der Waals surface area contributed by atoms with E-state index in [0.717, 1.165) is 69.2 Å². The molecule has 0 radical (unpaired) electrons.